The van der Waals surface area contributed by atoms with Crippen LogP contribution in [0.5, 0.6) is 0 Å². The number of nitrogens with zero attached hydrogens (tertiary/aromatic N) is 3. The summed E-state index contributed by atoms with van der Waals surface area (Å²) >= 11 is 0. The molecule has 0 amide bonds. The van der Waals surface area contributed by atoms with Crippen molar-refractivity contribution in [2.24, 2.45) is 7.05 Å². The zero-order valence-corrected chi connectivity index (χ0v) is 16.0. The van der Waals surface area contributed by atoms with Gasteiger partial charge in [-0.25, -0.2) is 0 Å². The van der Waals surface area contributed by atoms with Gasteiger partial charge in [-0.2, -0.15) is 9.67 Å². The lowest BCUT2D eigenvalue weighted by molar-refractivity contribution is -0.602. The van der Waals surface area contributed by atoms with E-state index in [4.69, 9.17) is 0 Å². The number of hydrogen-bond acceptors (Lipinski definition) is 1. The molecular formula is C23H24N3+. The van der Waals surface area contributed by atoms with E-state index < -0.39 is 0 Å². The van der Waals surface area contributed by atoms with E-state index in [0.29, 0.717) is 0 Å². The Kier molecular flexibility index (Phi) is 3.87. The Labute approximate surface area is 154 Å². The SMILES string of the molecule is Cc1cc(C)c(-[n+]2cc3ccccc3cc2C)c(C)c1-c1ccnn1C. The number of benzene rings is 2. The summed E-state index contributed by atoms with van der Waals surface area (Å²) in [6.07, 6.45) is 4.12. The molecule has 0 N–H and O–H groups in total. The van der Waals surface area contributed by atoms with Crippen molar-refractivity contribution in [3.63, 3.8) is 0 Å². The summed E-state index contributed by atoms with van der Waals surface area (Å²) in [7, 11) is 2.00. The van der Waals surface area contributed by atoms with Crippen LogP contribution in [-0.2, 0) is 7.05 Å². The van der Waals surface area contributed by atoms with Crippen molar-refractivity contribution in [1.29, 1.82) is 0 Å². The summed E-state index contributed by atoms with van der Waals surface area (Å²) < 4.78 is 4.28. The molecule has 3 nitrogen and oxygen atoms in total. The van der Waals surface area contributed by atoms with Gasteiger partial charge in [0.2, 0.25) is 5.69 Å². The quantitative estimate of drug-likeness (QED) is 0.482. The van der Waals surface area contributed by atoms with E-state index in [1.807, 2.05) is 17.9 Å². The molecule has 2 aromatic carbocycles. The van der Waals surface area contributed by atoms with Gasteiger partial charge in [-0.05, 0) is 49.9 Å². The van der Waals surface area contributed by atoms with E-state index in [-0.39, 0.29) is 0 Å². The van der Waals surface area contributed by atoms with E-state index in [1.165, 1.54) is 44.4 Å². The highest BCUT2D eigenvalue weighted by molar-refractivity contribution is 5.81. The Hall–Kier alpha value is -2.94. The minimum absolute atomic E-state index is 1.15. The molecule has 2 aromatic heterocycles. The standard InChI is InChI=1S/C23H24N3/c1-15-12-16(2)23(18(4)22(15)21-10-11-24-25(21)5)26-14-20-9-7-6-8-19(20)13-17(26)3/h6-14H,1-5H3/q+1. The van der Waals surface area contributed by atoms with Gasteiger partial charge in [0.05, 0.1) is 5.69 Å². The van der Waals surface area contributed by atoms with Gasteiger partial charge in [0.15, 0.2) is 11.9 Å². The van der Waals surface area contributed by atoms with Crippen molar-refractivity contribution in [2.75, 3.05) is 0 Å². The Morgan fingerprint density at radius 2 is 1.62 bits per heavy atom. The minimum Gasteiger partial charge on any atom is -0.268 e. The topological polar surface area (TPSA) is 21.7 Å². The first kappa shape index (κ1) is 16.5. The van der Waals surface area contributed by atoms with Crippen LogP contribution in [0.25, 0.3) is 27.7 Å². The average Bonchev–Trinajstić information content (AvgIpc) is 3.01. The highest BCUT2D eigenvalue weighted by Crippen LogP contribution is 2.31. The Bertz CT molecular complexity index is 1140. The van der Waals surface area contributed by atoms with Crippen LogP contribution >= 0.6 is 0 Å². The van der Waals surface area contributed by atoms with E-state index >= 15 is 0 Å². The van der Waals surface area contributed by atoms with E-state index in [9.17, 15) is 0 Å². The first-order valence-corrected chi connectivity index (χ1v) is 8.98. The van der Waals surface area contributed by atoms with Crippen molar-refractivity contribution >= 4 is 10.8 Å². The second-order valence-electron chi connectivity index (χ2n) is 7.11. The maximum absolute atomic E-state index is 4.37. The molecule has 0 bridgehead atoms. The molecule has 0 spiro atoms. The van der Waals surface area contributed by atoms with Gasteiger partial charge >= 0.3 is 0 Å². The van der Waals surface area contributed by atoms with Crippen molar-refractivity contribution in [1.82, 2.24) is 9.78 Å². The smallest absolute Gasteiger partial charge is 0.217 e. The molecule has 0 aliphatic heterocycles. The zero-order valence-electron chi connectivity index (χ0n) is 16.0. The van der Waals surface area contributed by atoms with E-state index in [0.717, 1.165) is 5.69 Å². The first-order chi connectivity index (χ1) is 12.5. The second kappa shape index (κ2) is 6.10. The molecule has 4 rings (SSSR count). The Morgan fingerprint density at radius 1 is 0.885 bits per heavy atom. The maximum atomic E-state index is 4.37. The number of aryl methyl sites for hydroxylation is 4. The normalized spacial score (nSPS) is 11.3. The Balaban J connectivity index is 2.04. The van der Waals surface area contributed by atoms with Gasteiger partial charge in [0.1, 0.15) is 0 Å². The van der Waals surface area contributed by atoms with Crippen LogP contribution in [0.3, 0.4) is 0 Å². The molecule has 0 aliphatic rings. The molecule has 0 saturated carbocycles. The summed E-state index contributed by atoms with van der Waals surface area (Å²) in [5.41, 5.74) is 8.77. The molecule has 0 fully saturated rings. The zero-order chi connectivity index (χ0) is 18.4. The molecule has 3 heteroatoms. The molecule has 4 aromatic rings. The summed E-state index contributed by atoms with van der Waals surface area (Å²) in [5, 5.41) is 6.89. The predicted molar refractivity (Wildman–Crippen MR) is 107 cm³/mol. The average molecular weight is 342 g/mol. The van der Waals surface area contributed by atoms with Crippen LogP contribution in [-0.4, -0.2) is 9.78 Å². The van der Waals surface area contributed by atoms with Gasteiger partial charge < -0.3 is 0 Å². The van der Waals surface area contributed by atoms with Crippen molar-refractivity contribution < 1.29 is 4.57 Å². The molecule has 0 saturated heterocycles. The molecule has 0 atom stereocenters. The predicted octanol–water partition coefficient (Wildman–Crippen LogP) is 4.75. The van der Waals surface area contributed by atoms with Crippen LogP contribution in [0.4, 0.5) is 0 Å². The van der Waals surface area contributed by atoms with Gasteiger partial charge in [-0.1, -0.05) is 18.2 Å². The number of hydrogen-bond donors (Lipinski definition) is 0. The second-order valence-corrected chi connectivity index (χ2v) is 7.11. The van der Waals surface area contributed by atoms with E-state index in [2.05, 4.69) is 86.0 Å². The maximum Gasteiger partial charge on any atom is 0.217 e. The molecule has 2 heterocycles. The molecule has 130 valence electrons. The van der Waals surface area contributed by atoms with Gasteiger partial charge in [0, 0.05) is 48.3 Å². The number of aromatic nitrogens is 3. The number of rotatable bonds is 2. The van der Waals surface area contributed by atoms with Crippen LogP contribution in [0.2, 0.25) is 0 Å². The highest BCUT2D eigenvalue weighted by atomic mass is 15.3. The fourth-order valence-electron chi connectivity index (χ4n) is 4.10. The lowest BCUT2D eigenvalue weighted by Crippen LogP contribution is -2.36. The molecule has 0 aliphatic carbocycles. The first-order valence-electron chi connectivity index (χ1n) is 8.98. The fraction of sp³-hybridized carbons (Fsp3) is 0.217. The summed E-state index contributed by atoms with van der Waals surface area (Å²) in [6.45, 7) is 8.78. The summed E-state index contributed by atoms with van der Waals surface area (Å²) in [6, 6.07) is 15.2. The minimum atomic E-state index is 1.15. The summed E-state index contributed by atoms with van der Waals surface area (Å²) in [5.74, 6) is 0. The van der Waals surface area contributed by atoms with Crippen LogP contribution in [0, 0.1) is 27.7 Å². The monoisotopic (exact) mass is 342 g/mol. The van der Waals surface area contributed by atoms with Crippen molar-refractivity contribution in [3.8, 4) is 16.9 Å². The third-order valence-corrected chi connectivity index (χ3v) is 5.26. The third kappa shape index (κ3) is 2.51. The van der Waals surface area contributed by atoms with Gasteiger partial charge in [0.25, 0.3) is 0 Å². The van der Waals surface area contributed by atoms with Crippen LogP contribution in [0.15, 0.2) is 54.9 Å². The van der Waals surface area contributed by atoms with Gasteiger partial charge in [-0.3, -0.25) is 4.68 Å². The molecule has 26 heavy (non-hydrogen) atoms. The molecular weight excluding hydrogens is 318 g/mol. The lowest BCUT2D eigenvalue weighted by Gasteiger charge is -2.15. The summed E-state index contributed by atoms with van der Waals surface area (Å²) in [4.78, 5) is 0. The number of fused-ring (bicyclic) bond motifs is 1. The third-order valence-electron chi connectivity index (χ3n) is 5.26. The van der Waals surface area contributed by atoms with Crippen LogP contribution < -0.4 is 4.57 Å². The molecule has 0 radical (unpaired) electrons. The van der Waals surface area contributed by atoms with Crippen LogP contribution in [0.1, 0.15) is 22.4 Å². The number of pyridine rings is 1. The van der Waals surface area contributed by atoms with Crippen molar-refractivity contribution in [2.45, 2.75) is 27.7 Å². The highest BCUT2D eigenvalue weighted by Gasteiger charge is 2.23. The fourth-order valence-corrected chi connectivity index (χ4v) is 4.10. The Morgan fingerprint density at radius 3 is 2.31 bits per heavy atom. The largest absolute Gasteiger partial charge is 0.268 e. The van der Waals surface area contributed by atoms with Crippen molar-refractivity contribution in [3.05, 3.63) is 77.2 Å². The van der Waals surface area contributed by atoms with Gasteiger partial charge in [-0.15, -0.1) is 0 Å². The molecule has 0 unspecified atom stereocenters. The lowest BCUT2D eigenvalue weighted by atomic mass is 9.94. The van der Waals surface area contributed by atoms with E-state index in [1.54, 1.807) is 0 Å².